The number of hydrogen-bond acceptors (Lipinski definition) is 6. The van der Waals surface area contributed by atoms with Crippen LogP contribution in [-0.4, -0.2) is 63.5 Å². The van der Waals surface area contributed by atoms with Gasteiger partial charge in [-0.25, -0.2) is 17.8 Å². The fourth-order valence-electron chi connectivity index (χ4n) is 3.86. The Morgan fingerprint density at radius 2 is 1.69 bits per heavy atom. The van der Waals surface area contributed by atoms with Crippen LogP contribution in [0.15, 0.2) is 77.8 Å². The van der Waals surface area contributed by atoms with Crippen LogP contribution in [0.4, 0.5) is 15.9 Å². The molecule has 10 heteroatoms. The van der Waals surface area contributed by atoms with Gasteiger partial charge < -0.3 is 15.1 Å². The van der Waals surface area contributed by atoms with Gasteiger partial charge in [0.15, 0.2) is 0 Å². The van der Waals surface area contributed by atoms with Crippen LogP contribution in [-0.2, 0) is 21.2 Å². The van der Waals surface area contributed by atoms with E-state index in [2.05, 4.69) is 31.9 Å². The van der Waals surface area contributed by atoms with Crippen LogP contribution >= 0.6 is 0 Å². The lowest BCUT2D eigenvalue weighted by atomic mass is 10.1. The number of rotatable bonds is 8. The predicted molar refractivity (Wildman–Crippen MR) is 133 cm³/mol. The number of sulfonamides is 1. The number of aromatic nitrogens is 1. The number of amides is 1. The average molecular weight is 498 g/mol. The fourth-order valence-corrected chi connectivity index (χ4v) is 5.14. The molecular formula is C25H28FN5O3S. The zero-order valence-corrected chi connectivity index (χ0v) is 20.2. The van der Waals surface area contributed by atoms with Crippen LogP contribution in [0.2, 0.25) is 0 Å². The molecule has 1 aromatic heterocycles. The van der Waals surface area contributed by atoms with Crippen LogP contribution in [0, 0.1) is 5.82 Å². The minimum Gasteiger partial charge on any atom is -0.354 e. The van der Waals surface area contributed by atoms with E-state index in [1.807, 2.05) is 12.1 Å². The standard InChI is InChI=1S/C25H28FN5O3S/c1-30-13-15-31(16-14-30)24-12-11-20(18-27-24)28-25(32)22(17-19-7-3-2-4-8-19)29-35(33,34)23-10-6-5-9-21(23)26/h2-12,18,22,29H,13-17H2,1H3,(H,28,32). The number of likely N-dealkylation sites (N-methyl/N-ethyl adjacent to an activating group) is 1. The van der Waals surface area contributed by atoms with Crippen LogP contribution < -0.4 is 14.9 Å². The van der Waals surface area contributed by atoms with Crippen molar-refractivity contribution >= 4 is 27.4 Å². The second-order valence-corrected chi connectivity index (χ2v) is 10.2. The molecule has 2 aromatic carbocycles. The molecule has 0 aliphatic carbocycles. The van der Waals surface area contributed by atoms with Gasteiger partial charge in [-0.05, 0) is 43.3 Å². The van der Waals surface area contributed by atoms with E-state index in [9.17, 15) is 17.6 Å². The number of benzene rings is 2. The smallest absolute Gasteiger partial charge is 0.244 e. The van der Waals surface area contributed by atoms with E-state index >= 15 is 0 Å². The lowest BCUT2D eigenvalue weighted by Crippen LogP contribution is -2.45. The third kappa shape index (κ3) is 6.41. The largest absolute Gasteiger partial charge is 0.354 e. The summed E-state index contributed by atoms with van der Waals surface area (Å²) in [6.45, 7) is 3.63. The molecule has 1 amide bonds. The first-order chi connectivity index (χ1) is 16.8. The highest BCUT2D eigenvalue weighted by Gasteiger charge is 2.28. The average Bonchev–Trinajstić information content (AvgIpc) is 2.85. The molecule has 0 spiro atoms. The number of carbonyl (C=O) groups is 1. The molecule has 1 fully saturated rings. The lowest BCUT2D eigenvalue weighted by Gasteiger charge is -2.33. The van der Waals surface area contributed by atoms with Crippen LogP contribution in [0.25, 0.3) is 0 Å². The number of halogens is 1. The number of piperazine rings is 1. The van der Waals surface area contributed by atoms with E-state index in [-0.39, 0.29) is 6.42 Å². The molecule has 2 N–H and O–H groups in total. The van der Waals surface area contributed by atoms with E-state index in [4.69, 9.17) is 0 Å². The van der Waals surface area contributed by atoms with Gasteiger partial charge in [-0.3, -0.25) is 4.79 Å². The summed E-state index contributed by atoms with van der Waals surface area (Å²) in [6.07, 6.45) is 1.64. The van der Waals surface area contributed by atoms with Gasteiger partial charge in [0, 0.05) is 26.2 Å². The first-order valence-electron chi connectivity index (χ1n) is 11.3. The van der Waals surface area contributed by atoms with E-state index in [0.717, 1.165) is 49.7 Å². The maximum absolute atomic E-state index is 14.2. The summed E-state index contributed by atoms with van der Waals surface area (Å²) >= 11 is 0. The third-order valence-electron chi connectivity index (χ3n) is 5.87. The fraction of sp³-hybridized carbons (Fsp3) is 0.280. The monoisotopic (exact) mass is 497 g/mol. The van der Waals surface area contributed by atoms with Crippen molar-refractivity contribution in [2.45, 2.75) is 17.4 Å². The molecule has 1 atom stereocenters. The topological polar surface area (TPSA) is 94.6 Å². The van der Waals surface area contributed by atoms with Gasteiger partial charge in [0.1, 0.15) is 22.6 Å². The Balaban J connectivity index is 1.51. The highest BCUT2D eigenvalue weighted by molar-refractivity contribution is 7.89. The molecule has 8 nitrogen and oxygen atoms in total. The first-order valence-corrected chi connectivity index (χ1v) is 12.8. The summed E-state index contributed by atoms with van der Waals surface area (Å²) in [5.41, 5.74) is 1.20. The van der Waals surface area contributed by atoms with Crippen molar-refractivity contribution in [3.8, 4) is 0 Å². The van der Waals surface area contributed by atoms with Crippen LogP contribution in [0.3, 0.4) is 0 Å². The molecule has 4 rings (SSSR count). The summed E-state index contributed by atoms with van der Waals surface area (Å²) < 4.78 is 42.4. The van der Waals surface area contributed by atoms with Gasteiger partial charge in [-0.1, -0.05) is 42.5 Å². The Morgan fingerprint density at radius 1 is 1.00 bits per heavy atom. The Labute approximate surface area is 204 Å². The molecule has 0 bridgehead atoms. The Kier molecular flexibility index (Phi) is 7.74. The number of carbonyl (C=O) groups excluding carboxylic acids is 1. The number of anilines is 2. The normalized spacial score (nSPS) is 15.5. The molecule has 0 saturated carbocycles. The zero-order chi connectivity index (χ0) is 24.8. The SMILES string of the molecule is CN1CCN(c2ccc(NC(=O)C(Cc3ccccc3)NS(=O)(=O)c3ccccc3F)cn2)CC1. The number of pyridine rings is 1. The number of hydrogen-bond donors (Lipinski definition) is 2. The third-order valence-corrected chi connectivity index (χ3v) is 7.37. The van der Waals surface area contributed by atoms with Gasteiger partial charge in [0.05, 0.1) is 11.9 Å². The van der Waals surface area contributed by atoms with Crippen molar-refractivity contribution in [3.63, 3.8) is 0 Å². The molecule has 0 radical (unpaired) electrons. The number of nitrogens with zero attached hydrogens (tertiary/aromatic N) is 3. The van der Waals surface area contributed by atoms with Crippen LogP contribution in [0.5, 0.6) is 0 Å². The van der Waals surface area contributed by atoms with Crippen LogP contribution in [0.1, 0.15) is 5.56 Å². The highest BCUT2D eigenvalue weighted by atomic mass is 32.2. The van der Waals surface area contributed by atoms with Crippen molar-refractivity contribution in [1.82, 2.24) is 14.6 Å². The second kappa shape index (κ2) is 10.9. The van der Waals surface area contributed by atoms with Gasteiger partial charge in [-0.15, -0.1) is 0 Å². The molecular weight excluding hydrogens is 469 g/mol. The molecule has 3 aromatic rings. The summed E-state index contributed by atoms with van der Waals surface area (Å²) in [6, 6.07) is 16.5. The van der Waals surface area contributed by atoms with Gasteiger partial charge in [-0.2, -0.15) is 4.72 Å². The first kappa shape index (κ1) is 24.8. The van der Waals surface area contributed by atoms with Crippen molar-refractivity contribution in [3.05, 3.63) is 84.3 Å². The number of nitrogens with one attached hydrogen (secondary N) is 2. The van der Waals surface area contributed by atoms with Crippen molar-refractivity contribution in [2.75, 3.05) is 43.4 Å². The molecule has 2 heterocycles. The van der Waals surface area contributed by atoms with Gasteiger partial charge in [0.2, 0.25) is 15.9 Å². The zero-order valence-electron chi connectivity index (χ0n) is 19.4. The summed E-state index contributed by atoms with van der Waals surface area (Å²) in [4.78, 5) is 21.5. The molecule has 1 aliphatic heterocycles. The van der Waals surface area contributed by atoms with Crippen molar-refractivity contribution in [2.24, 2.45) is 0 Å². The molecule has 35 heavy (non-hydrogen) atoms. The van der Waals surface area contributed by atoms with Crippen molar-refractivity contribution in [1.29, 1.82) is 0 Å². The second-order valence-electron chi connectivity index (χ2n) is 8.48. The Morgan fingerprint density at radius 3 is 2.34 bits per heavy atom. The quantitative estimate of drug-likeness (QED) is 0.497. The minimum absolute atomic E-state index is 0.0904. The highest BCUT2D eigenvalue weighted by Crippen LogP contribution is 2.18. The van der Waals surface area contributed by atoms with Crippen molar-refractivity contribution < 1.29 is 17.6 Å². The maximum Gasteiger partial charge on any atom is 0.244 e. The lowest BCUT2D eigenvalue weighted by molar-refractivity contribution is -0.117. The van der Waals surface area contributed by atoms with E-state index in [0.29, 0.717) is 5.69 Å². The Bertz CT molecular complexity index is 1250. The summed E-state index contributed by atoms with van der Waals surface area (Å²) in [5, 5.41) is 2.74. The van der Waals surface area contributed by atoms with Gasteiger partial charge >= 0.3 is 0 Å². The molecule has 184 valence electrons. The Hall–Kier alpha value is -3.34. The summed E-state index contributed by atoms with van der Waals surface area (Å²) in [5.74, 6) is -0.636. The summed E-state index contributed by atoms with van der Waals surface area (Å²) in [7, 11) is -2.21. The molecule has 1 unspecified atom stereocenters. The predicted octanol–water partition coefficient (Wildman–Crippen LogP) is 2.50. The molecule has 1 aliphatic rings. The van der Waals surface area contributed by atoms with E-state index < -0.39 is 32.7 Å². The minimum atomic E-state index is -4.29. The van der Waals surface area contributed by atoms with Gasteiger partial charge in [0.25, 0.3) is 0 Å². The van der Waals surface area contributed by atoms with E-state index in [1.165, 1.54) is 12.1 Å². The molecule has 1 saturated heterocycles. The maximum atomic E-state index is 14.2. The van der Waals surface area contributed by atoms with E-state index in [1.54, 1.807) is 36.5 Å².